The predicted octanol–water partition coefficient (Wildman–Crippen LogP) is 6.87. The summed E-state index contributed by atoms with van der Waals surface area (Å²) >= 11 is 3.96. The number of benzene rings is 1. The Labute approximate surface area is 198 Å². The van der Waals surface area contributed by atoms with Crippen LogP contribution in [0.4, 0.5) is 4.39 Å². The van der Waals surface area contributed by atoms with Gasteiger partial charge in [0.2, 0.25) is 0 Å². The van der Waals surface area contributed by atoms with Crippen LogP contribution in [0.1, 0.15) is 30.7 Å². The molecule has 1 fully saturated rings. The summed E-state index contributed by atoms with van der Waals surface area (Å²) in [6, 6.07) is 10.4. The molecule has 0 bridgehead atoms. The number of hydrogen-bond acceptors (Lipinski definition) is 4. The van der Waals surface area contributed by atoms with Crippen molar-refractivity contribution in [1.82, 2.24) is 14.9 Å². The van der Waals surface area contributed by atoms with E-state index in [4.69, 9.17) is 4.74 Å². The van der Waals surface area contributed by atoms with Crippen LogP contribution < -0.4 is 4.74 Å². The highest BCUT2D eigenvalue weighted by Crippen LogP contribution is 2.40. The van der Waals surface area contributed by atoms with Gasteiger partial charge in [-0.3, -0.25) is 4.90 Å². The normalized spacial score (nSPS) is 15.6. The molecule has 0 amide bonds. The van der Waals surface area contributed by atoms with Crippen LogP contribution in [0.5, 0.6) is 5.75 Å². The third kappa shape index (κ3) is 3.87. The van der Waals surface area contributed by atoms with Crippen LogP contribution in [0.2, 0.25) is 0 Å². The van der Waals surface area contributed by atoms with Gasteiger partial charge >= 0.3 is 0 Å². The number of likely N-dealkylation sites (tertiary alicyclic amines) is 1. The second-order valence-corrected chi connectivity index (χ2v) is 10.3. The number of rotatable bonds is 5. The van der Waals surface area contributed by atoms with Crippen molar-refractivity contribution in [3.63, 3.8) is 0 Å². The van der Waals surface area contributed by atoms with E-state index in [1.807, 2.05) is 29.8 Å². The fourth-order valence-electron chi connectivity index (χ4n) is 4.37. The lowest BCUT2D eigenvalue weighted by Crippen LogP contribution is -2.22. The maximum absolute atomic E-state index is 14.5. The number of H-pyrrole nitrogens is 1. The highest BCUT2D eigenvalue weighted by molar-refractivity contribution is 14.1. The molecule has 160 valence electrons. The van der Waals surface area contributed by atoms with Crippen molar-refractivity contribution in [2.24, 2.45) is 0 Å². The average Bonchev–Trinajstić information content (AvgIpc) is 3.53. The van der Waals surface area contributed by atoms with Gasteiger partial charge in [-0.2, -0.15) is 0 Å². The largest absolute Gasteiger partial charge is 0.493 e. The van der Waals surface area contributed by atoms with Gasteiger partial charge in [0.1, 0.15) is 5.65 Å². The molecule has 1 unspecified atom stereocenters. The summed E-state index contributed by atoms with van der Waals surface area (Å²) in [6.45, 7) is 4.66. The van der Waals surface area contributed by atoms with E-state index >= 15 is 0 Å². The first kappa shape index (κ1) is 20.9. The van der Waals surface area contributed by atoms with Gasteiger partial charge in [0.25, 0.3) is 0 Å². The summed E-state index contributed by atoms with van der Waals surface area (Å²) in [4.78, 5) is 13.0. The van der Waals surface area contributed by atoms with Crippen molar-refractivity contribution < 1.29 is 9.13 Å². The number of thiophene rings is 1. The maximum atomic E-state index is 14.5. The first-order chi connectivity index (χ1) is 15.0. The summed E-state index contributed by atoms with van der Waals surface area (Å²) in [5.74, 6) is -0.105. The molecule has 1 saturated heterocycles. The van der Waals surface area contributed by atoms with Crippen LogP contribution in [0.3, 0.4) is 0 Å². The number of aromatic nitrogens is 2. The Balaban J connectivity index is 1.55. The van der Waals surface area contributed by atoms with Crippen molar-refractivity contribution >= 4 is 45.0 Å². The van der Waals surface area contributed by atoms with Gasteiger partial charge in [-0.05, 0) is 85.8 Å². The number of pyridine rings is 1. The number of nitrogens with one attached hydrogen (secondary N) is 1. The van der Waals surface area contributed by atoms with Gasteiger partial charge in [-0.1, -0.05) is 0 Å². The molecule has 4 aromatic rings. The Morgan fingerprint density at radius 1 is 1.19 bits per heavy atom. The van der Waals surface area contributed by atoms with Gasteiger partial charge < -0.3 is 9.72 Å². The van der Waals surface area contributed by atoms with Gasteiger partial charge in [0, 0.05) is 53.8 Å². The molecule has 4 heterocycles. The van der Waals surface area contributed by atoms with E-state index in [9.17, 15) is 4.39 Å². The van der Waals surface area contributed by atoms with E-state index in [1.54, 1.807) is 0 Å². The van der Waals surface area contributed by atoms with Crippen molar-refractivity contribution in [2.75, 3.05) is 20.2 Å². The number of nitrogens with zero attached hydrogens (tertiary/aromatic N) is 2. The minimum absolute atomic E-state index is 0.254. The highest BCUT2D eigenvalue weighted by atomic mass is 127. The second-order valence-electron chi connectivity index (χ2n) is 7.91. The number of halogens is 2. The number of hydrogen-bond donors (Lipinski definition) is 1. The van der Waals surface area contributed by atoms with Gasteiger partial charge in [0.15, 0.2) is 11.6 Å². The predicted molar refractivity (Wildman–Crippen MR) is 133 cm³/mol. The van der Waals surface area contributed by atoms with Crippen molar-refractivity contribution in [1.29, 1.82) is 0 Å². The van der Waals surface area contributed by atoms with Gasteiger partial charge in [-0.15, -0.1) is 11.3 Å². The van der Waals surface area contributed by atoms with Crippen LogP contribution in [-0.4, -0.2) is 35.1 Å². The number of fused-ring (bicyclic) bond motifs is 1. The summed E-state index contributed by atoms with van der Waals surface area (Å²) in [6.07, 6.45) is 6.37. The molecule has 1 N–H and O–H groups in total. The monoisotopic (exact) mass is 547 g/mol. The topological polar surface area (TPSA) is 41.1 Å². The molecule has 0 spiro atoms. The fourth-order valence-corrected chi connectivity index (χ4v) is 6.03. The minimum Gasteiger partial charge on any atom is -0.493 e. The van der Waals surface area contributed by atoms with E-state index in [-0.39, 0.29) is 11.6 Å². The Hall–Kier alpha value is -1.97. The third-order valence-corrected chi connectivity index (χ3v) is 7.97. The quantitative estimate of drug-likeness (QED) is 0.278. The van der Waals surface area contributed by atoms with Crippen molar-refractivity contribution in [3.05, 3.63) is 57.0 Å². The standard InChI is InChI=1S/C24H23FIN3OS/c1-14(29-7-3-4-8-29)21-5-6-22(31-21)15-9-18-19(13-28-24(18)27-12-15)17-10-16(26)11-20(25)23(17)30-2/h5-6,9-14H,3-4,7-8H2,1-2H3,(H,27,28). The Morgan fingerprint density at radius 3 is 2.77 bits per heavy atom. The van der Waals surface area contributed by atoms with Crippen LogP contribution in [-0.2, 0) is 0 Å². The molecule has 1 aromatic carbocycles. The molecule has 0 aliphatic carbocycles. The van der Waals surface area contributed by atoms with E-state index < -0.39 is 0 Å². The number of aromatic amines is 1. The molecule has 0 radical (unpaired) electrons. The second kappa shape index (κ2) is 8.52. The average molecular weight is 547 g/mol. The molecule has 1 aliphatic heterocycles. The molecule has 1 atom stereocenters. The SMILES string of the molecule is COc1c(F)cc(I)cc1-c1c[nH]c2ncc(-c3ccc(C(C)N4CCCC4)s3)cc12. The van der Waals surface area contributed by atoms with Crippen LogP contribution >= 0.6 is 33.9 Å². The summed E-state index contributed by atoms with van der Waals surface area (Å²) in [5, 5.41) is 0.958. The van der Waals surface area contributed by atoms with E-state index in [0.29, 0.717) is 6.04 Å². The Morgan fingerprint density at radius 2 is 2.00 bits per heavy atom. The zero-order valence-corrected chi connectivity index (χ0v) is 20.4. The third-order valence-electron chi connectivity index (χ3n) is 6.05. The van der Waals surface area contributed by atoms with E-state index in [2.05, 4.69) is 62.6 Å². The lowest BCUT2D eigenvalue weighted by molar-refractivity contribution is 0.267. The van der Waals surface area contributed by atoms with Gasteiger partial charge in [-0.25, -0.2) is 9.37 Å². The van der Waals surface area contributed by atoms with E-state index in [1.165, 1.54) is 48.9 Å². The molecule has 4 nitrogen and oxygen atoms in total. The summed E-state index contributed by atoms with van der Waals surface area (Å²) in [5.41, 5.74) is 3.47. The summed E-state index contributed by atoms with van der Waals surface area (Å²) in [7, 11) is 1.50. The van der Waals surface area contributed by atoms with Gasteiger partial charge in [0.05, 0.1) is 7.11 Å². The number of ether oxygens (including phenoxy) is 1. The van der Waals surface area contributed by atoms with Crippen LogP contribution in [0.25, 0.3) is 32.6 Å². The highest BCUT2D eigenvalue weighted by Gasteiger charge is 2.21. The minimum atomic E-state index is -0.360. The number of methoxy groups -OCH3 is 1. The Bertz CT molecular complexity index is 1250. The van der Waals surface area contributed by atoms with Crippen molar-refractivity contribution in [2.45, 2.75) is 25.8 Å². The zero-order chi connectivity index (χ0) is 21.5. The van der Waals surface area contributed by atoms with Crippen LogP contribution in [0, 0.1) is 9.39 Å². The molecule has 1 aliphatic rings. The van der Waals surface area contributed by atoms with E-state index in [0.717, 1.165) is 31.3 Å². The van der Waals surface area contributed by atoms with Crippen molar-refractivity contribution in [3.8, 4) is 27.3 Å². The van der Waals surface area contributed by atoms with Crippen LogP contribution in [0.15, 0.2) is 42.7 Å². The Kier molecular flexibility index (Phi) is 5.75. The molecule has 31 heavy (non-hydrogen) atoms. The molecular formula is C24H23FIN3OS. The first-order valence-corrected chi connectivity index (χ1v) is 12.3. The summed E-state index contributed by atoms with van der Waals surface area (Å²) < 4.78 is 20.7. The lowest BCUT2D eigenvalue weighted by Gasteiger charge is -2.22. The molecular weight excluding hydrogens is 524 g/mol. The zero-order valence-electron chi connectivity index (χ0n) is 17.4. The molecule has 3 aromatic heterocycles. The first-order valence-electron chi connectivity index (χ1n) is 10.4. The molecule has 5 rings (SSSR count). The molecule has 7 heteroatoms. The lowest BCUT2D eigenvalue weighted by atomic mass is 10.0. The fraction of sp³-hybridized carbons (Fsp3) is 0.292. The maximum Gasteiger partial charge on any atom is 0.166 e. The smallest absolute Gasteiger partial charge is 0.166 e. The molecule has 0 saturated carbocycles.